The molecule has 2 nitrogen and oxygen atoms in total. The largest absolute Gasteiger partial charge is 0.391 e. The zero-order valence-electron chi connectivity index (χ0n) is 5.65. The topological polar surface area (TPSA) is 35.2 Å². The van der Waals surface area contributed by atoms with Crippen LogP contribution in [0.15, 0.2) is 0 Å². The summed E-state index contributed by atoms with van der Waals surface area (Å²) in [5.41, 5.74) is 4.97. The quantitative estimate of drug-likeness (QED) is 0.531. The maximum Gasteiger partial charge on any atom is 0.391 e. The number of thiocarbonyl (C=S) groups is 1. The third-order valence-electron chi connectivity index (χ3n) is 0.774. The first kappa shape index (κ1) is 10.6. The minimum Gasteiger partial charge on any atom is -0.391 e. The van der Waals surface area contributed by atoms with Crippen molar-refractivity contribution in [1.29, 1.82) is 0 Å². The van der Waals surface area contributed by atoms with E-state index in [0.717, 1.165) is 0 Å². The average molecular weight is 187 g/mol. The van der Waals surface area contributed by atoms with Gasteiger partial charge in [0, 0.05) is 0 Å². The molecule has 0 aliphatic heterocycles. The van der Waals surface area contributed by atoms with Gasteiger partial charge in [0.1, 0.15) is 0 Å². The molecule has 0 aromatic heterocycles. The van der Waals surface area contributed by atoms with E-state index in [1.807, 2.05) is 0 Å². The number of hydrogen-bond donors (Lipinski definition) is 1. The smallest absolute Gasteiger partial charge is 0.391 e. The molecule has 0 aliphatic rings. The van der Waals surface area contributed by atoms with Gasteiger partial charge in [0.05, 0.1) is 24.6 Å². The number of nitrogens with two attached hydrogens (primary N) is 1. The van der Waals surface area contributed by atoms with Crippen LogP contribution in [-0.4, -0.2) is 24.4 Å². The Hall–Kier alpha value is -0.360. The second-order valence-electron chi connectivity index (χ2n) is 1.88. The molecule has 0 aromatic rings. The Labute approximate surface area is 67.5 Å². The van der Waals surface area contributed by atoms with Gasteiger partial charge in [-0.2, -0.15) is 13.2 Å². The van der Waals surface area contributed by atoms with Gasteiger partial charge in [-0.05, 0) is 0 Å². The highest BCUT2D eigenvalue weighted by molar-refractivity contribution is 7.80. The molecule has 0 saturated carbocycles. The molecule has 0 saturated heterocycles. The lowest BCUT2D eigenvalue weighted by molar-refractivity contribution is -0.143. The van der Waals surface area contributed by atoms with E-state index in [2.05, 4.69) is 17.0 Å². The predicted molar refractivity (Wildman–Crippen MR) is 38.3 cm³/mol. The van der Waals surface area contributed by atoms with E-state index in [1.165, 1.54) is 0 Å². The van der Waals surface area contributed by atoms with Crippen molar-refractivity contribution in [1.82, 2.24) is 0 Å². The lowest BCUT2D eigenvalue weighted by atomic mass is 10.4. The van der Waals surface area contributed by atoms with Gasteiger partial charge in [0.2, 0.25) is 0 Å². The van der Waals surface area contributed by atoms with Gasteiger partial charge in [-0.3, -0.25) is 0 Å². The molecule has 0 unspecified atom stereocenters. The molecule has 66 valence electrons. The molecule has 0 radical (unpaired) electrons. The molecule has 0 spiro atoms. The maximum atomic E-state index is 11.4. The molecular weight excluding hydrogens is 179 g/mol. The summed E-state index contributed by atoms with van der Waals surface area (Å²) in [5, 5.41) is 0. The van der Waals surface area contributed by atoms with E-state index in [0.29, 0.717) is 0 Å². The van der Waals surface area contributed by atoms with Crippen LogP contribution < -0.4 is 5.73 Å². The van der Waals surface area contributed by atoms with Crippen molar-refractivity contribution in [3.05, 3.63) is 0 Å². The fourth-order valence-electron chi connectivity index (χ4n) is 0.361. The van der Waals surface area contributed by atoms with Crippen molar-refractivity contribution in [2.24, 2.45) is 5.73 Å². The van der Waals surface area contributed by atoms with Crippen molar-refractivity contribution in [3.63, 3.8) is 0 Å². The Morgan fingerprint density at radius 2 is 2.00 bits per heavy atom. The second kappa shape index (κ2) is 4.50. The van der Waals surface area contributed by atoms with Crippen LogP contribution in [0, 0.1) is 0 Å². The normalized spacial score (nSPS) is 11.5. The van der Waals surface area contributed by atoms with Crippen LogP contribution in [0.3, 0.4) is 0 Å². The number of hydrogen-bond acceptors (Lipinski definition) is 2. The minimum atomic E-state index is -4.17. The fourth-order valence-corrected chi connectivity index (χ4v) is 0.444. The molecule has 0 amide bonds. The second-order valence-corrected chi connectivity index (χ2v) is 2.41. The Morgan fingerprint density at radius 1 is 1.45 bits per heavy atom. The highest BCUT2D eigenvalue weighted by Crippen LogP contribution is 2.18. The Balaban J connectivity index is 3.22. The van der Waals surface area contributed by atoms with Crippen LogP contribution in [0.25, 0.3) is 0 Å². The van der Waals surface area contributed by atoms with Gasteiger partial charge in [0.15, 0.2) is 0 Å². The summed E-state index contributed by atoms with van der Waals surface area (Å²) in [4.78, 5) is 0.0622. The van der Waals surface area contributed by atoms with Crippen LogP contribution in [0.2, 0.25) is 0 Å². The van der Waals surface area contributed by atoms with Crippen molar-refractivity contribution in [2.45, 2.75) is 12.6 Å². The number of rotatable bonds is 4. The van der Waals surface area contributed by atoms with Crippen molar-refractivity contribution in [2.75, 3.05) is 13.2 Å². The molecule has 0 heterocycles. The van der Waals surface area contributed by atoms with Crippen LogP contribution >= 0.6 is 12.2 Å². The van der Waals surface area contributed by atoms with E-state index in [9.17, 15) is 13.2 Å². The van der Waals surface area contributed by atoms with E-state index in [-0.39, 0.29) is 18.2 Å². The number of alkyl halides is 3. The van der Waals surface area contributed by atoms with E-state index in [4.69, 9.17) is 5.73 Å². The summed E-state index contributed by atoms with van der Waals surface area (Å²) >= 11 is 4.37. The lowest BCUT2D eigenvalue weighted by Gasteiger charge is -2.05. The van der Waals surface area contributed by atoms with Crippen LogP contribution in [0.5, 0.6) is 0 Å². The Kier molecular flexibility index (Phi) is 4.36. The fraction of sp³-hybridized carbons (Fsp3) is 0.800. The molecule has 0 fully saturated rings. The van der Waals surface area contributed by atoms with Gasteiger partial charge in [-0.1, -0.05) is 12.2 Å². The monoisotopic (exact) mass is 187 g/mol. The summed E-state index contributed by atoms with van der Waals surface area (Å²) in [7, 11) is 0. The van der Waals surface area contributed by atoms with Crippen molar-refractivity contribution in [3.8, 4) is 0 Å². The third kappa shape index (κ3) is 9.64. The minimum absolute atomic E-state index is 0.0622. The Morgan fingerprint density at radius 3 is 2.36 bits per heavy atom. The zero-order chi connectivity index (χ0) is 8.91. The summed E-state index contributed by atoms with van der Waals surface area (Å²) < 4.78 is 38.8. The SMILES string of the molecule is NC(=S)COCCC(F)(F)F. The molecule has 0 atom stereocenters. The van der Waals surface area contributed by atoms with Gasteiger partial charge in [0.25, 0.3) is 0 Å². The number of ether oxygens (including phenoxy) is 1. The van der Waals surface area contributed by atoms with Crippen molar-refractivity contribution >= 4 is 17.2 Å². The third-order valence-corrected chi connectivity index (χ3v) is 0.892. The van der Waals surface area contributed by atoms with Crippen molar-refractivity contribution < 1.29 is 17.9 Å². The molecule has 0 aromatic carbocycles. The predicted octanol–water partition coefficient (Wildman–Crippen LogP) is 1.24. The average Bonchev–Trinajstić information content (AvgIpc) is 1.78. The van der Waals surface area contributed by atoms with Gasteiger partial charge in [-0.15, -0.1) is 0 Å². The molecular formula is C5H8F3NOS. The summed E-state index contributed by atoms with van der Waals surface area (Å²) in [6.45, 7) is -0.480. The van der Waals surface area contributed by atoms with E-state index in [1.54, 1.807) is 0 Å². The summed E-state index contributed by atoms with van der Waals surface area (Å²) in [6, 6.07) is 0. The molecule has 6 heteroatoms. The number of halogens is 3. The zero-order valence-corrected chi connectivity index (χ0v) is 6.47. The first-order valence-corrected chi connectivity index (χ1v) is 3.25. The van der Waals surface area contributed by atoms with E-state index < -0.39 is 12.6 Å². The molecule has 2 N–H and O–H groups in total. The maximum absolute atomic E-state index is 11.4. The van der Waals surface area contributed by atoms with Crippen LogP contribution in [-0.2, 0) is 4.74 Å². The van der Waals surface area contributed by atoms with Crippen LogP contribution in [0.1, 0.15) is 6.42 Å². The van der Waals surface area contributed by atoms with Gasteiger partial charge in [-0.25, -0.2) is 0 Å². The summed E-state index contributed by atoms with van der Waals surface area (Å²) in [6.07, 6.45) is -5.13. The van der Waals surface area contributed by atoms with Gasteiger partial charge < -0.3 is 10.5 Å². The first-order valence-electron chi connectivity index (χ1n) is 2.84. The Bertz CT molecular complexity index is 136. The molecule has 0 bridgehead atoms. The highest BCUT2D eigenvalue weighted by Gasteiger charge is 2.26. The molecule has 11 heavy (non-hydrogen) atoms. The highest BCUT2D eigenvalue weighted by atomic mass is 32.1. The molecule has 0 rings (SSSR count). The summed E-state index contributed by atoms with van der Waals surface area (Å²) in [5.74, 6) is 0. The lowest BCUT2D eigenvalue weighted by Crippen LogP contribution is -2.18. The standard InChI is InChI=1S/C5H8F3NOS/c6-5(7,8)1-2-10-3-4(9)11/h1-3H2,(H2,9,11). The van der Waals surface area contributed by atoms with E-state index >= 15 is 0 Å². The van der Waals surface area contributed by atoms with Crippen LogP contribution in [0.4, 0.5) is 13.2 Å². The van der Waals surface area contributed by atoms with Gasteiger partial charge >= 0.3 is 6.18 Å². The first-order chi connectivity index (χ1) is 4.92. The molecule has 0 aliphatic carbocycles.